The van der Waals surface area contributed by atoms with Gasteiger partial charge in [-0.05, 0) is 45.2 Å². The van der Waals surface area contributed by atoms with E-state index in [1.165, 1.54) is 5.57 Å². The molecule has 0 aromatic carbocycles. The van der Waals surface area contributed by atoms with E-state index >= 15 is 0 Å². The van der Waals surface area contributed by atoms with Crippen LogP contribution in [-0.4, -0.2) is 49.1 Å². The summed E-state index contributed by atoms with van der Waals surface area (Å²) in [4.78, 5) is 7.24. The molecule has 1 aliphatic heterocycles. The monoisotopic (exact) mass is 346 g/mol. The summed E-state index contributed by atoms with van der Waals surface area (Å²) in [6.45, 7) is 14.5. The van der Waals surface area contributed by atoms with Crippen LogP contribution in [0.5, 0.6) is 0 Å². The van der Waals surface area contributed by atoms with E-state index in [9.17, 15) is 0 Å². The highest BCUT2D eigenvalue weighted by molar-refractivity contribution is 5.80. The average molecular weight is 347 g/mol. The van der Waals surface area contributed by atoms with E-state index in [4.69, 9.17) is 9.41 Å². The van der Waals surface area contributed by atoms with Crippen molar-refractivity contribution < 1.29 is 4.42 Å². The molecule has 0 aliphatic carbocycles. The van der Waals surface area contributed by atoms with Crippen LogP contribution in [0.15, 0.2) is 40.0 Å². The molecule has 1 atom stereocenters. The van der Waals surface area contributed by atoms with Crippen LogP contribution in [0.4, 0.5) is 0 Å². The summed E-state index contributed by atoms with van der Waals surface area (Å²) in [5.74, 6) is 1.92. The van der Waals surface area contributed by atoms with Gasteiger partial charge in [-0.1, -0.05) is 19.1 Å². The number of likely N-dealkylation sites (tertiary alicyclic amines) is 1. The molecule has 25 heavy (non-hydrogen) atoms. The molecule has 5 heteroatoms. The van der Waals surface area contributed by atoms with Crippen molar-refractivity contribution in [3.05, 3.63) is 36.3 Å². The standard InChI is InChI=1S/C20H34N4O/c1-5-17(4)22-20(21-11-8-19-7-6-14-25-19)23-18-9-12-24(13-10-18)15-16(2)3/h6-7,14,17-18H,2,5,8-13,15H2,1,3-4H3,(H2,21,22,23). The molecule has 2 rings (SSSR count). The highest BCUT2D eigenvalue weighted by Gasteiger charge is 2.20. The Morgan fingerprint density at radius 1 is 1.44 bits per heavy atom. The van der Waals surface area contributed by atoms with Crippen LogP contribution in [0.1, 0.15) is 45.8 Å². The fourth-order valence-electron chi connectivity index (χ4n) is 3.01. The van der Waals surface area contributed by atoms with Crippen molar-refractivity contribution in [1.82, 2.24) is 15.5 Å². The smallest absolute Gasteiger partial charge is 0.191 e. The van der Waals surface area contributed by atoms with Gasteiger partial charge in [0, 0.05) is 44.7 Å². The number of piperidine rings is 1. The van der Waals surface area contributed by atoms with E-state index < -0.39 is 0 Å². The molecule has 1 unspecified atom stereocenters. The van der Waals surface area contributed by atoms with Gasteiger partial charge in [0.15, 0.2) is 5.96 Å². The molecule has 0 spiro atoms. The first-order valence-electron chi connectivity index (χ1n) is 9.53. The van der Waals surface area contributed by atoms with E-state index in [0.717, 1.165) is 63.6 Å². The Morgan fingerprint density at radius 2 is 2.20 bits per heavy atom. The van der Waals surface area contributed by atoms with Gasteiger partial charge in [-0.3, -0.25) is 9.89 Å². The second-order valence-corrected chi connectivity index (χ2v) is 7.17. The third-order valence-corrected chi connectivity index (χ3v) is 4.63. The maximum atomic E-state index is 5.39. The van der Waals surface area contributed by atoms with Gasteiger partial charge in [-0.2, -0.15) is 0 Å². The lowest BCUT2D eigenvalue weighted by Crippen LogP contribution is -2.50. The van der Waals surface area contributed by atoms with Crippen LogP contribution in [0.25, 0.3) is 0 Å². The largest absolute Gasteiger partial charge is 0.469 e. The topological polar surface area (TPSA) is 52.8 Å². The predicted octanol–water partition coefficient (Wildman–Crippen LogP) is 3.20. The zero-order valence-corrected chi connectivity index (χ0v) is 16.1. The van der Waals surface area contributed by atoms with Gasteiger partial charge in [0.2, 0.25) is 0 Å². The Labute approximate surface area is 152 Å². The maximum Gasteiger partial charge on any atom is 0.191 e. The Morgan fingerprint density at radius 3 is 2.80 bits per heavy atom. The highest BCUT2D eigenvalue weighted by Crippen LogP contribution is 2.11. The van der Waals surface area contributed by atoms with Gasteiger partial charge in [0.05, 0.1) is 6.26 Å². The molecule has 2 N–H and O–H groups in total. The first kappa shape index (κ1) is 19.6. The van der Waals surface area contributed by atoms with Gasteiger partial charge < -0.3 is 15.1 Å². The number of hydrogen-bond acceptors (Lipinski definition) is 3. The van der Waals surface area contributed by atoms with Crippen LogP contribution in [0.2, 0.25) is 0 Å². The maximum absolute atomic E-state index is 5.39. The normalized spacial score (nSPS) is 18.1. The number of hydrogen-bond donors (Lipinski definition) is 2. The van der Waals surface area contributed by atoms with Gasteiger partial charge in [-0.15, -0.1) is 0 Å². The second kappa shape index (κ2) is 10.3. The van der Waals surface area contributed by atoms with E-state index in [1.807, 2.05) is 12.1 Å². The Hall–Kier alpha value is -1.75. The molecule has 1 aromatic rings. The van der Waals surface area contributed by atoms with Gasteiger partial charge in [0.25, 0.3) is 0 Å². The summed E-state index contributed by atoms with van der Waals surface area (Å²) in [6.07, 6.45) is 5.92. The lowest BCUT2D eigenvalue weighted by Gasteiger charge is -2.33. The van der Waals surface area contributed by atoms with Crippen LogP contribution < -0.4 is 10.6 Å². The van der Waals surface area contributed by atoms with Crippen LogP contribution in [0.3, 0.4) is 0 Å². The molecular formula is C20H34N4O. The molecule has 1 aromatic heterocycles. The van der Waals surface area contributed by atoms with E-state index in [-0.39, 0.29) is 0 Å². The van der Waals surface area contributed by atoms with Gasteiger partial charge in [-0.25, -0.2) is 0 Å². The summed E-state index contributed by atoms with van der Waals surface area (Å²) < 4.78 is 5.39. The van der Waals surface area contributed by atoms with E-state index in [2.05, 4.69) is 42.9 Å². The van der Waals surface area contributed by atoms with Crippen molar-refractivity contribution in [3.8, 4) is 0 Å². The number of nitrogens with zero attached hydrogens (tertiary/aromatic N) is 2. The molecule has 0 amide bonds. The molecule has 0 radical (unpaired) electrons. The number of guanidine groups is 1. The van der Waals surface area contributed by atoms with Crippen LogP contribution in [-0.2, 0) is 6.42 Å². The van der Waals surface area contributed by atoms with Crippen molar-refractivity contribution in [2.24, 2.45) is 4.99 Å². The minimum atomic E-state index is 0.415. The quantitative estimate of drug-likeness (QED) is 0.431. The first-order valence-corrected chi connectivity index (χ1v) is 9.53. The number of nitrogens with one attached hydrogen (secondary N) is 2. The Kier molecular flexibility index (Phi) is 8.06. The first-order chi connectivity index (χ1) is 12.1. The van der Waals surface area contributed by atoms with Gasteiger partial charge in [0.1, 0.15) is 5.76 Å². The zero-order valence-electron chi connectivity index (χ0n) is 16.1. The minimum Gasteiger partial charge on any atom is -0.469 e. The lowest BCUT2D eigenvalue weighted by molar-refractivity contribution is 0.221. The molecule has 5 nitrogen and oxygen atoms in total. The number of rotatable bonds is 8. The van der Waals surface area contributed by atoms with Crippen LogP contribution >= 0.6 is 0 Å². The summed E-state index contributed by atoms with van der Waals surface area (Å²) in [5.41, 5.74) is 1.24. The minimum absolute atomic E-state index is 0.415. The van der Waals surface area contributed by atoms with Crippen molar-refractivity contribution in [2.45, 2.75) is 58.5 Å². The molecule has 1 saturated heterocycles. The van der Waals surface area contributed by atoms with Crippen molar-refractivity contribution in [3.63, 3.8) is 0 Å². The van der Waals surface area contributed by atoms with E-state index in [0.29, 0.717) is 12.1 Å². The summed E-state index contributed by atoms with van der Waals surface area (Å²) in [6, 6.07) is 4.83. The lowest BCUT2D eigenvalue weighted by atomic mass is 10.0. The van der Waals surface area contributed by atoms with Crippen molar-refractivity contribution in [1.29, 1.82) is 0 Å². The summed E-state index contributed by atoms with van der Waals surface area (Å²) in [7, 11) is 0. The molecule has 1 aliphatic rings. The Balaban J connectivity index is 1.84. The van der Waals surface area contributed by atoms with Crippen molar-refractivity contribution >= 4 is 5.96 Å². The van der Waals surface area contributed by atoms with E-state index in [1.54, 1.807) is 6.26 Å². The second-order valence-electron chi connectivity index (χ2n) is 7.17. The molecular weight excluding hydrogens is 312 g/mol. The third-order valence-electron chi connectivity index (χ3n) is 4.63. The molecule has 2 heterocycles. The fourth-order valence-corrected chi connectivity index (χ4v) is 3.01. The number of aliphatic imine (C=N–C) groups is 1. The third kappa shape index (κ3) is 7.34. The summed E-state index contributed by atoms with van der Waals surface area (Å²) >= 11 is 0. The fraction of sp³-hybridized carbons (Fsp3) is 0.650. The van der Waals surface area contributed by atoms with Gasteiger partial charge >= 0.3 is 0 Å². The average Bonchev–Trinajstić information content (AvgIpc) is 3.09. The van der Waals surface area contributed by atoms with Crippen molar-refractivity contribution in [2.75, 3.05) is 26.2 Å². The number of furan rings is 1. The van der Waals surface area contributed by atoms with Crippen LogP contribution in [0, 0.1) is 0 Å². The Bertz CT molecular complexity index is 530. The molecule has 1 fully saturated rings. The predicted molar refractivity (Wildman–Crippen MR) is 105 cm³/mol. The highest BCUT2D eigenvalue weighted by atomic mass is 16.3. The molecule has 0 bridgehead atoms. The molecule has 140 valence electrons. The summed E-state index contributed by atoms with van der Waals surface area (Å²) in [5, 5.41) is 7.15. The SMILES string of the molecule is C=C(C)CN1CCC(NC(=NCCc2ccco2)NC(C)CC)CC1. The zero-order chi connectivity index (χ0) is 18.1. The molecule has 0 saturated carbocycles.